The van der Waals surface area contributed by atoms with Crippen molar-refractivity contribution in [3.63, 3.8) is 0 Å². The van der Waals surface area contributed by atoms with E-state index in [1.807, 2.05) is 0 Å². The molecule has 1 heterocycles. The summed E-state index contributed by atoms with van der Waals surface area (Å²) >= 11 is 5.90. The Morgan fingerprint density at radius 1 is 1.33 bits per heavy atom. The van der Waals surface area contributed by atoms with Gasteiger partial charge in [-0.25, -0.2) is 21.6 Å². The molecule has 0 spiro atoms. The van der Waals surface area contributed by atoms with Gasteiger partial charge in [0.2, 0.25) is 10.0 Å². The highest BCUT2D eigenvalue weighted by molar-refractivity contribution is 7.91. The van der Waals surface area contributed by atoms with Crippen molar-refractivity contribution >= 4 is 31.5 Å². The van der Waals surface area contributed by atoms with Gasteiger partial charge < -0.3 is 5.32 Å². The molecule has 0 aliphatic carbocycles. The van der Waals surface area contributed by atoms with Crippen LogP contribution >= 0.6 is 11.6 Å². The molecule has 0 radical (unpaired) electrons. The molecule has 2 rings (SSSR count). The van der Waals surface area contributed by atoms with Crippen LogP contribution in [0.1, 0.15) is 12.8 Å². The summed E-state index contributed by atoms with van der Waals surface area (Å²) in [7, 11) is -7.34. The smallest absolute Gasteiger partial charge is 0.242 e. The molecule has 118 valence electrons. The van der Waals surface area contributed by atoms with Crippen molar-refractivity contribution in [2.75, 3.05) is 19.3 Å². The zero-order valence-corrected chi connectivity index (χ0v) is 13.9. The van der Waals surface area contributed by atoms with Gasteiger partial charge in [0.1, 0.15) is 4.90 Å². The minimum Gasteiger partial charge on any atom is -0.313 e. The minimum absolute atomic E-state index is 0.00530. The van der Waals surface area contributed by atoms with E-state index in [-0.39, 0.29) is 27.4 Å². The van der Waals surface area contributed by atoms with Crippen LogP contribution in [0.5, 0.6) is 0 Å². The third kappa shape index (κ3) is 4.17. The van der Waals surface area contributed by atoms with Crippen molar-refractivity contribution in [3.8, 4) is 0 Å². The molecule has 1 fully saturated rings. The van der Waals surface area contributed by atoms with E-state index in [0.29, 0.717) is 0 Å². The SMILES string of the molecule is CS(=O)(=O)c1ccc(Cl)c(S(=O)(=O)NC[C@@H]2CCCN2)c1. The van der Waals surface area contributed by atoms with Crippen LogP contribution in [-0.2, 0) is 19.9 Å². The maximum atomic E-state index is 12.3. The largest absolute Gasteiger partial charge is 0.313 e. The van der Waals surface area contributed by atoms with Gasteiger partial charge in [0.05, 0.1) is 9.92 Å². The molecule has 2 N–H and O–H groups in total. The first-order valence-electron chi connectivity index (χ1n) is 6.43. The van der Waals surface area contributed by atoms with Gasteiger partial charge in [-0.2, -0.15) is 0 Å². The molecular weight excluding hydrogens is 336 g/mol. The molecule has 0 amide bonds. The van der Waals surface area contributed by atoms with Gasteiger partial charge in [-0.1, -0.05) is 11.6 Å². The van der Waals surface area contributed by atoms with Gasteiger partial charge in [-0.15, -0.1) is 0 Å². The summed E-state index contributed by atoms with van der Waals surface area (Å²) in [6.45, 7) is 1.12. The van der Waals surface area contributed by atoms with Crippen LogP contribution in [0.4, 0.5) is 0 Å². The number of rotatable bonds is 5. The molecule has 1 aromatic rings. The number of hydrogen-bond acceptors (Lipinski definition) is 5. The Labute approximate surface area is 129 Å². The molecule has 0 aromatic heterocycles. The molecular formula is C12H17ClN2O4S2. The summed E-state index contributed by atoms with van der Waals surface area (Å²) in [6, 6.07) is 3.74. The molecule has 1 saturated heterocycles. The van der Waals surface area contributed by atoms with Crippen molar-refractivity contribution in [2.45, 2.75) is 28.7 Å². The Kier molecular flexibility index (Phi) is 4.94. The van der Waals surface area contributed by atoms with Crippen molar-refractivity contribution in [2.24, 2.45) is 0 Å². The average molecular weight is 353 g/mol. The van der Waals surface area contributed by atoms with Crippen LogP contribution < -0.4 is 10.0 Å². The molecule has 0 saturated carbocycles. The van der Waals surface area contributed by atoms with Gasteiger partial charge in [0.25, 0.3) is 0 Å². The summed E-state index contributed by atoms with van der Waals surface area (Å²) in [5.74, 6) is 0. The fraction of sp³-hybridized carbons (Fsp3) is 0.500. The van der Waals surface area contributed by atoms with Crippen LogP contribution in [0.2, 0.25) is 5.02 Å². The fourth-order valence-corrected chi connectivity index (χ4v) is 4.47. The van der Waals surface area contributed by atoms with Crippen molar-refractivity contribution in [1.29, 1.82) is 0 Å². The maximum Gasteiger partial charge on any atom is 0.242 e. The first kappa shape index (κ1) is 16.7. The fourth-order valence-electron chi connectivity index (χ4n) is 2.14. The van der Waals surface area contributed by atoms with E-state index in [2.05, 4.69) is 10.0 Å². The predicted molar refractivity (Wildman–Crippen MR) is 80.8 cm³/mol. The van der Waals surface area contributed by atoms with Gasteiger partial charge in [-0.05, 0) is 37.6 Å². The lowest BCUT2D eigenvalue weighted by Gasteiger charge is -2.13. The predicted octanol–water partition coefficient (Wildman–Crippen LogP) is 0.774. The average Bonchev–Trinajstić information content (AvgIpc) is 2.88. The van der Waals surface area contributed by atoms with E-state index >= 15 is 0 Å². The molecule has 1 aliphatic rings. The normalized spacial score (nSPS) is 19.8. The van der Waals surface area contributed by atoms with Crippen molar-refractivity contribution < 1.29 is 16.8 Å². The van der Waals surface area contributed by atoms with E-state index in [9.17, 15) is 16.8 Å². The van der Waals surface area contributed by atoms with Crippen LogP contribution in [0.15, 0.2) is 28.0 Å². The first-order chi connectivity index (χ1) is 9.70. The Hall–Kier alpha value is -0.670. The molecule has 6 nitrogen and oxygen atoms in total. The van der Waals surface area contributed by atoms with Gasteiger partial charge in [0, 0.05) is 18.8 Å². The summed E-state index contributed by atoms with van der Waals surface area (Å²) in [6.07, 6.45) is 2.93. The summed E-state index contributed by atoms with van der Waals surface area (Å²) < 4.78 is 50.1. The highest BCUT2D eigenvalue weighted by Gasteiger charge is 2.23. The highest BCUT2D eigenvalue weighted by Crippen LogP contribution is 2.24. The maximum absolute atomic E-state index is 12.3. The Morgan fingerprint density at radius 2 is 2.05 bits per heavy atom. The number of hydrogen-bond donors (Lipinski definition) is 2. The lowest BCUT2D eigenvalue weighted by molar-refractivity contribution is 0.551. The number of nitrogens with one attached hydrogen (secondary N) is 2. The molecule has 9 heteroatoms. The molecule has 1 aromatic carbocycles. The van der Waals surface area contributed by atoms with Crippen LogP contribution in [-0.4, -0.2) is 42.2 Å². The molecule has 21 heavy (non-hydrogen) atoms. The van der Waals surface area contributed by atoms with Crippen molar-refractivity contribution in [3.05, 3.63) is 23.2 Å². The molecule has 1 atom stereocenters. The molecule has 1 aliphatic heterocycles. The monoisotopic (exact) mass is 352 g/mol. The second kappa shape index (κ2) is 6.21. The minimum atomic E-state index is -3.85. The van der Waals surface area contributed by atoms with Crippen molar-refractivity contribution in [1.82, 2.24) is 10.0 Å². The van der Waals surface area contributed by atoms with Gasteiger partial charge in [0.15, 0.2) is 9.84 Å². The third-order valence-electron chi connectivity index (χ3n) is 3.30. The van der Waals surface area contributed by atoms with Crippen LogP contribution in [0.3, 0.4) is 0 Å². The summed E-state index contributed by atoms with van der Waals surface area (Å²) in [5.41, 5.74) is 0. The lowest BCUT2D eigenvalue weighted by atomic mass is 10.2. The van der Waals surface area contributed by atoms with E-state index in [1.54, 1.807) is 0 Å². The summed E-state index contributed by atoms with van der Waals surface area (Å²) in [5, 5.41) is 3.17. The standard InChI is InChI=1S/C12H17ClN2O4S2/c1-20(16,17)10-4-5-11(13)12(7-10)21(18,19)15-8-9-3-2-6-14-9/h4-5,7,9,14-15H,2-3,6,8H2,1H3/t9-/m0/s1. The van der Waals surface area contributed by atoms with E-state index in [1.165, 1.54) is 12.1 Å². The van der Waals surface area contributed by atoms with E-state index < -0.39 is 19.9 Å². The molecule has 0 bridgehead atoms. The summed E-state index contributed by atoms with van der Waals surface area (Å²) in [4.78, 5) is -0.295. The zero-order valence-electron chi connectivity index (χ0n) is 11.5. The first-order valence-corrected chi connectivity index (χ1v) is 10.2. The van der Waals surface area contributed by atoms with Crippen LogP contribution in [0, 0.1) is 0 Å². The van der Waals surface area contributed by atoms with E-state index in [0.717, 1.165) is 31.7 Å². The Balaban J connectivity index is 2.26. The van der Waals surface area contributed by atoms with Gasteiger partial charge in [-0.3, -0.25) is 0 Å². The number of benzene rings is 1. The highest BCUT2D eigenvalue weighted by atomic mass is 35.5. The number of sulfone groups is 1. The second-order valence-electron chi connectivity index (χ2n) is 5.01. The third-order valence-corrected chi connectivity index (χ3v) is 6.32. The number of halogens is 1. The zero-order chi connectivity index (χ0) is 15.7. The van der Waals surface area contributed by atoms with Gasteiger partial charge >= 0.3 is 0 Å². The molecule has 0 unspecified atom stereocenters. The lowest BCUT2D eigenvalue weighted by Crippen LogP contribution is -2.37. The quantitative estimate of drug-likeness (QED) is 0.816. The Morgan fingerprint density at radius 3 is 2.62 bits per heavy atom. The van der Waals surface area contributed by atoms with E-state index in [4.69, 9.17) is 11.6 Å². The number of sulfonamides is 1. The second-order valence-corrected chi connectivity index (χ2v) is 9.17. The van der Waals surface area contributed by atoms with Crippen LogP contribution in [0.25, 0.3) is 0 Å². The Bertz CT molecular complexity index is 726. The topological polar surface area (TPSA) is 92.3 Å².